The van der Waals surface area contributed by atoms with Crippen molar-refractivity contribution in [3.05, 3.63) is 58.7 Å². The fraction of sp³-hybridized carbons (Fsp3) is 0.444. The van der Waals surface area contributed by atoms with E-state index in [1.807, 2.05) is 0 Å². The van der Waals surface area contributed by atoms with E-state index in [2.05, 4.69) is 0 Å². The lowest BCUT2D eigenvalue weighted by molar-refractivity contribution is -0.330. The van der Waals surface area contributed by atoms with Crippen LogP contribution in [0.1, 0.15) is 31.4 Å². The number of thioether (sulfide) groups is 1. The van der Waals surface area contributed by atoms with E-state index < -0.39 is 33.9 Å². The third kappa shape index (κ3) is 3.66. The van der Waals surface area contributed by atoms with Crippen LogP contribution in [0.25, 0.3) is 0 Å². The van der Waals surface area contributed by atoms with Gasteiger partial charge in [0.05, 0.1) is 4.75 Å². The maximum absolute atomic E-state index is 14.2. The van der Waals surface area contributed by atoms with E-state index in [0.29, 0.717) is 23.1 Å². The third-order valence-corrected chi connectivity index (χ3v) is 5.37. The lowest BCUT2D eigenvalue weighted by atomic mass is 9.85. The molecule has 0 heterocycles. The minimum Gasteiger partial charge on any atom is -0.188 e. The first-order valence-electron chi connectivity index (χ1n) is 7.67. The molecule has 0 amide bonds. The SMILES string of the molecule is CC1=CC(SC(F)(F)C(F)(F)C(F)(F)F)(c2ccccc2C)C=C(C)C1. The summed E-state index contributed by atoms with van der Waals surface area (Å²) in [6, 6.07) is 6.23. The molecule has 1 aliphatic rings. The van der Waals surface area contributed by atoms with Gasteiger partial charge in [-0.05, 0) is 38.3 Å². The molecule has 0 fully saturated rings. The number of alkyl halides is 7. The van der Waals surface area contributed by atoms with Crippen molar-refractivity contribution >= 4 is 11.8 Å². The van der Waals surface area contributed by atoms with E-state index in [9.17, 15) is 30.7 Å². The first-order chi connectivity index (χ1) is 11.7. The van der Waals surface area contributed by atoms with Gasteiger partial charge in [-0.1, -0.05) is 59.3 Å². The number of hydrogen-bond donors (Lipinski definition) is 0. The van der Waals surface area contributed by atoms with E-state index in [1.54, 1.807) is 32.9 Å². The molecule has 2 rings (SSSR count). The first-order valence-corrected chi connectivity index (χ1v) is 8.49. The van der Waals surface area contributed by atoms with E-state index in [0.717, 1.165) is 0 Å². The van der Waals surface area contributed by atoms with Crippen LogP contribution >= 0.6 is 11.8 Å². The predicted molar refractivity (Wildman–Crippen MR) is 88.5 cm³/mol. The quantitative estimate of drug-likeness (QED) is 0.388. The number of allylic oxidation sites excluding steroid dienone is 2. The van der Waals surface area contributed by atoms with Crippen LogP contribution in [0, 0.1) is 6.92 Å². The molecule has 8 heteroatoms. The van der Waals surface area contributed by atoms with Gasteiger partial charge in [0.25, 0.3) is 0 Å². The van der Waals surface area contributed by atoms with E-state index in [-0.39, 0.29) is 5.56 Å². The molecular formula is C18H17F7S. The minimum atomic E-state index is -6.36. The van der Waals surface area contributed by atoms with Crippen LogP contribution in [0.5, 0.6) is 0 Å². The molecule has 144 valence electrons. The summed E-state index contributed by atoms with van der Waals surface area (Å²) in [7, 11) is 0. The van der Waals surface area contributed by atoms with E-state index in [1.165, 1.54) is 24.3 Å². The molecule has 0 aliphatic heterocycles. The zero-order valence-corrected chi connectivity index (χ0v) is 15.0. The molecule has 0 radical (unpaired) electrons. The lowest BCUT2D eigenvalue weighted by Gasteiger charge is -2.38. The number of hydrogen-bond acceptors (Lipinski definition) is 1. The highest BCUT2D eigenvalue weighted by atomic mass is 32.2. The molecule has 0 unspecified atom stereocenters. The van der Waals surface area contributed by atoms with Gasteiger partial charge < -0.3 is 0 Å². The van der Waals surface area contributed by atoms with Gasteiger partial charge in [0.2, 0.25) is 0 Å². The number of halogens is 7. The monoisotopic (exact) mass is 398 g/mol. The minimum absolute atomic E-state index is 0.251. The van der Waals surface area contributed by atoms with E-state index in [4.69, 9.17) is 0 Å². The van der Waals surface area contributed by atoms with Crippen molar-refractivity contribution in [1.82, 2.24) is 0 Å². The molecule has 26 heavy (non-hydrogen) atoms. The third-order valence-electron chi connectivity index (χ3n) is 4.06. The zero-order chi connectivity index (χ0) is 20.0. The standard InChI is InChI=1S/C18H17F7S/c1-11-8-12(2)10-15(9-11,14-7-5-4-6-13(14)3)26-18(24,25)16(19,20)17(21,22)23/h4-7,9-10H,8H2,1-3H3. The lowest BCUT2D eigenvalue weighted by Crippen LogP contribution is -2.51. The van der Waals surface area contributed by atoms with Gasteiger partial charge >= 0.3 is 17.4 Å². The predicted octanol–water partition coefficient (Wildman–Crippen LogP) is 7.01. The summed E-state index contributed by atoms with van der Waals surface area (Å²) < 4.78 is 91.4. The molecule has 0 saturated heterocycles. The van der Waals surface area contributed by atoms with Gasteiger partial charge in [0.1, 0.15) is 0 Å². The Hall–Kier alpha value is -1.44. The number of benzene rings is 1. The van der Waals surface area contributed by atoms with Crippen LogP contribution in [0.15, 0.2) is 47.6 Å². The maximum atomic E-state index is 14.2. The molecule has 0 nitrogen and oxygen atoms in total. The Labute approximate surface area is 151 Å². The van der Waals surface area contributed by atoms with Crippen molar-refractivity contribution in [3.63, 3.8) is 0 Å². The number of aryl methyl sites for hydroxylation is 1. The summed E-state index contributed by atoms with van der Waals surface area (Å²) in [4.78, 5) is 0. The molecule has 0 aromatic heterocycles. The van der Waals surface area contributed by atoms with Crippen LogP contribution in [-0.4, -0.2) is 17.4 Å². The molecule has 1 aromatic rings. The molecule has 1 aliphatic carbocycles. The summed E-state index contributed by atoms with van der Waals surface area (Å²) >= 11 is -0.677. The fourth-order valence-electron chi connectivity index (χ4n) is 3.04. The summed E-state index contributed by atoms with van der Waals surface area (Å²) in [6.45, 7) is 4.85. The van der Waals surface area contributed by atoms with Crippen molar-refractivity contribution in [3.8, 4) is 0 Å². The number of rotatable bonds is 4. The largest absolute Gasteiger partial charge is 0.460 e. The van der Waals surface area contributed by atoms with Gasteiger partial charge in [-0.25, -0.2) is 0 Å². The second kappa shape index (κ2) is 6.62. The van der Waals surface area contributed by atoms with Gasteiger partial charge in [-0.2, -0.15) is 30.7 Å². The average molecular weight is 398 g/mol. The molecule has 1 aromatic carbocycles. The zero-order valence-electron chi connectivity index (χ0n) is 14.2. The van der Waals surface area contributed by atoms with Crippen molar-refractivity contribution in [2.75, 3.05) is 0 Å². The van der Waals surface area contributed by atoms with E-state index >= 15 is 0 Å². The van der Waals surface area contributed by atoms with Crippen molar-refractivity contribution in [2.24, 2.45) is 0 Å². The Morgan fingerprint density at radius 2 is 1.35 bits per heavy atom. The summed E-state index contributed by atoms with van der Waals surface area (Å²) in [5, 5.41) is -5.36. The molecule has 0 N–H and O–H groups in total. The summed E-state index contributed by atoms with van der Waals surface area (Å²) in [5.74, 6) is -6.17. The topological polar surface area (TPSA) is 0 Å². The van der Waals surface area contributed by atoms with Crippen LogP contribution in [0.3, 0.4) is 0 Å². The maximum Gasteiger partial charge on any atom is 0.460 e. The van der Waals surface area contributed by atoms with Crippen LogP contribution in [-0.2, 0) is 4.75 Å². The molecular weight excluding hydrogens is 381 g/mol. The highest BCUT2D eigenvalue weighted by Gasteiger charge is 2.74. The first kappa shape index (κ1) is 20.9. The second-order valence-electron chi connectivity index (χ2n) is 6.46. The Balaban J connectivity index is 2.65. The Bertz CT molecular complexity index is 726. The molecule has 0 bridgehead atoms. The normalized spacial score (nSPS) is 18.4. The van der Waals surface area contributed by atoms with Crippen LogP contribution < -0.4 is 0 Å². The average Bonchev–Trinajstić information content (AvgIpc) is 2.44. The van der Waals surface area contributed by atoms with Crippen molar-refractivity contribution in [2.45, 2.75) is 49.3 Å². The summed E-state index contributed by atoms with van der Waals surface area (Å²) in [6.07, 6.45) is -3.24. The van der Waals surface area contributed by atoms with Gasteiger partial charge in [0.15, 0.2) is 0 Å². The molecule has 0 saturated carbocycles. The van der Waals surface area contributed by atoms with Crippen molar-refractivity contribution < 1.29 is 30.7 Å². The highest BCUT2D eigenvalue weighted by Crippen LogP contribution is 2.59. The van der Waals surface area contributed by atoms with Gasteiger partial charge in [-0.15, -0.1) is 0 Å². The second-order valence-corrected chi connectivity index (χ2v) is 7.85. The Kier molecular flexibility index (Phi) is 5.31. The summed E-state index contributed by atoms with van der Waals surface area (Å²) in [5.41, 5.74) is 2.00. The van der Waals surface area contributed by atoms with Crippen LogP contribution in [0.2, 0.25) is 0 Å². The van der Waals surface area contributed by atoms with Crippen LogP contribution in [0.4, 0.5) is 30.7 Å². The van der Waals surface area contributed by atoms with Gasteiger partial charge in [-0.3, -0.25) is 0 Å². The highest BCUT2D eigenvalue weighted by molar-refractivity contribution is 8.01. The van der Waals surface area contributed by atoms with Gasteiger partial charge in [0, 0.05) is 0 Å². The molecule has 0 atom stereocenters. The smallest absolute Gasteiger partial charge is 0.188 e. The van der Waals surface area contributed by atoms with Crippen molar-refractivity contribution in [1.29, 1.82) is 0 Å². The fourth-order valence-corrected chi connectivity index (χ4v) is 4.56. The molecule has 0 spiro atoms. The Morgan fingerprint density at radius 1 is 0.846 bits per heavy atom. The Morgan fingerprint density at radius 3 is 1.81 bits per heavy atom.